The van der Waals surface area contributed by atoms with Crippen LogP contribution in [-0.4, -0.2) is 22.9 Å². The normalized spacial score (nSPS) is 14.5. The largest absolute Gasteiger partial charge is 0.354 e. The number of aromatic nitrogens is 2. The molecule has 4 nitrogen and oxygen atoms in total. The zero-order valence-electron chi connectivity index (χ0n) is 8.34. The van der Waals surface area contributed by atoms with Crippen molar-refractivity contribution in [2.45, 2.75) is 0 Å². The molecule has 0 saturated heterocycles. The van der Waals surface area contributed by atoms with E-state index >= 15 is 0 Å². The fourth-order valence-corrected chi connectivity index (χ4v) is 0.825. The topological polar surface area (TPSA) is 54.9 Å². The highest BCUT2D eigenvalue weighted by atomic mass is 79.9. The van der Waals surface area contributed by atoms with E-state index in [-0.39, 0.29) is 5.69 Å². The molecule has 0 unspecified atom stereocenters. The van der Waals surface area contributed by atoms with Gasteiger partial charge in [-0.1, -0.05) is 0 Å². The summed E-state index contributed by atoms with van der Waals surface area (Å²) in [4.78, 5) is 18.6. The maximum atomic E-state index is 11.2. The smallest absolute Gasteiger partial charge is 0.271 e. The molecule has 11 heavy (non-hydrogen) atoms. The summed E-state index contributed by atoms with van der Waals surface area (Å²) in [5, 5.41) is 1.80. The molecule has 0 atom stereocenters. The van der Waals surface area contributed by atoms with E-state index < -0.39 is 12.9 Å². The molecule has 0 spiro atoms. The average Bonchev–Trinajstić information content (AvgIpc) is 2.01. The van der Waals surface area contributed by atoms with E-state index in [4.69, 9.17) is 4.11 Å². The average molecular weight is 219 g/mol. The first kappa shape index (κ1) is 4.82. The lowest BCUT2D eigenvalue weighted by Gasteiger charge is -1.96. The van der Waals surface area contributed by atoms with E-state index in [0.717, 1.165) is 0 Å². The molecule has 0 aliphatic rings. The Labute approximate surface area is 76.4 Å². The maximum Gasteiger partial charge on any atom is 0.271 e. The Morgan fingerprint density at radius 2 is 2.64 bits per heavy atom. The van der Waals surface area contributed by atoms with Crippen LogP contribution in [0, 0.1) is 0 Å². The van der Waals surface area contributed by atoms with E-state index in [1.165, 1.54) is 12.4 Å². The van der Waals surface area contributed by atoms with Crippen molar-refractivity contribution in [2.24, 2.45) is 0 Å². The fraction of sp³-hybridized carbons (Fsp3) is 0.167. The molecule has 0 radical (unpaired) electrons. The number of rotatable bonds is 1. The van der Waals surface area contributed by atoms with Crippen LogP contribution in [-0.2, 0) is 0 Å². The fourth-order valence-electron chi connectivity index (χ4n) is 0.516. The predicted molar refractivity (Wildman–Crippen MR) is 43.1 cm³/mol. The molecule has 0 saturated carbocycles. The summed E-state index contributed by atoms with van der Waals surface area (Å²) >= 11 is 3.02. The minimum atomic E-state index is -2.51. The Hall–Kier alpha value is -0.970. The number of nitrogens with zero attached hydrogens (tertiary/aromatic N) is 2. The summed E-state index contributed by atoms with van der Waals surface area (Å²) < 4.78 is 20.8. The molecule has 5 heteroatoms. The summed E-state index contributed by atoms with van der Waals surface area (Å²) in [6, 6.07) is 0. The lowest BCUT2D eigenvalue weighted by Crippen LogP contribution is -2.19. The number of carbonyl (C=O) groups is 1. The second-order valence-electron chi connectivity index (χ2n) is 1.68. The highest BCUT2D eigenvalue weighted by molar-refractivity contribution is 9.10. The first-order valence-corrected chi connectivity index (χ1v) is 3.48. The lowest BCUT2D eigenvalue weighted by molar-refractivity contribution is 0.0957. The number of amides is 1. The summed E-state index contributed by atoms with van der Waals surface area (Å²) in [7, 11) is 0. The molecule has 1 amide bonds. The van der Waals surface area contributed by atoms with Crippen LogP contribution in [0.1, 0.15) is 14.6 Å². The van der Waals surface area contributed by atoms with Gasteiger partial charge in [0, 0.05) is 11.1 Å². The maximum absolute atomic E-state index is 11.2. The van der Waals surface area contributed by atoms with Gasteiger partial charge in [-0.25, -0.2) is 4.98 Å². The molecular weight excluding hydrogens is 210 g/mol. The molecular formula is C6H6BrN3O. The summed E-state index contributed by atoms with van der Waals surface area (Å²) in [5.41, 5.74) is -0.0458. The van der Waals surface area contributed by atoms with Crippen molar-refractivity contribution in [2.75, 3.05) is 6.98 Å². The van der Waals surface area contributed by atoms with Crippen LogP contribution in [0.5, 0.6) is 0 Å². The van der Waals surface area contributed by atoms with Crippen molar-refractivity contribution < 1.29 is 8.91 Å². The quantitative estimate of drug-likeness (QED) is 0.752. The molecule has 0 aromatic carbocycles. The summed E-state index contributed by atoms with van der Waals surface area (Å²) in [5.74, 6) is -0.779. The molecule has 1 N–H and O–H groups in total. The lowest BCUT2D eigenvalue weighted by atomic mass is 10.4. The van der Waals surface area contributed by atoms with Crippen LogP contribution >= 0.6 is 15.9 Å². The second kappa shape index (κ2) is 3.43. The Balaban J connectivity index is 2.80. The number of hydrogen-bond acceptors (Lipinski definition) is 3. The molecule has 1 rings (SSSR count). The standard InChI is InChI=1S/C6H6BrN3O/c1-8-6(11)4-2-9-3-5(7)10-4/h2-3H,1H3,(H,8,11)/i1D3. The molecule has 1 heterocycles. The zero-order chi connectivity index (χ0) is 10.8. The molecule has 1 aromatic heterocycles. The molecule has 1 aromatic rings. The van der Waals surface area contributed by atoms with Crippen molar-refractivity contribution in [1.29, 1.82) is 0 Å². The molecule has 0 aliphatic heterocycles. The minimum absolute atomic E-state index is 0.0458. The molecule has 0 bridgehead atoms. The van der Waals surface area contributed by atoms with Crippen molar-refractivity contribution in [3.8, 4) is 0 Å². The van der Waals surface area contributed by atoms with E-state index in [2.05, 4.69) is 25.9 Å². The van der Waals surface area contributed by atoms with Gasteiger partial charge in [0.2, 0.25) is 0 Å². The van der Waals surface area contributed by atoms with Crippen molar-refractivity contribution >= 4 is 21.8 Å². The van der Waals surface area contributed by atoms with E-state index in [0.29, 0.717) is 4.60 Å². The molecule has 58 valence electrons. The Morgan fingerprint density at radius 3 is 3.27 bits per heavy atom. The van der Waals surface area contributed by atoms with Crippen LogP contribution < -0.4 is 5.32 Å². The van der Waals surface area contributed by atoms with Crippen molar-refractivity contribution in [3.05, 3.63) is 22.7 Å². The van der Waals surface area contributed by atoms with Gasteiger partial charge in [0.05, 0.1) is 12.4 Å². The van der Waals surface area contributed by atoms with Gasteiger partial charge in [-0.05, 0) is 15.9 Å². The van der Waals surface area contributed by atoms with Crippen LogP contribution in [0.3, 0.4) is 0 Å². The van der Waals surface area contributed by atoms with Gasteiger partial charge >= 0.3 is 0 Å². The minimum Gasteiger partial charge on any atom is -0.354 e. The summed E-state index contributed by atoms with van der Waals surface area (Å²) in [6.07, 6.45) is 2.58. The second-order valence-corrected chi connectivity index (χ2v) is 2.49. The Kier molecular flexibility index (Phi) is 1.50. The van der Waals surface area contributed by atoms with E-state index in [9.17, 15) is 4.79 Å². The Bertz CT molecular complexity index is 354. The van der Waals surface area contributed by atoms with Gasteiger partial charge in [0.15, 0.2) is 0 Å². The first-order valence-electron chi connectivity index (χ1n) is 4.18. The predicted octanol–water partition coefficient (Wildman–Crippen LogP) is 0.599. The van der Waals surface area contributed by atoms with Gasteiger partial charge in [0.25, 0.3) is 5.91 Å². The summed E-state index contributed by atoms with van der Waals surface area (Å²) in [6.45, 7) is -2.51. The number of nitrogens with one attached hydrogen (secondary N) is 1. The third kappa shape index (κ3) is 1.98. The van der Waals surface area contributed by atoms with Gasteiger partial charge in [0.1, 0.15) is 10.3 Å². The first-order chi connectivity index (χ1) is 6.38. The number of carbonyl (C=O) groups excluding carboxylic acids is 1. The van der Waals surface area contributed by atoms with Crippen LogP contribution in [0.15, 0.2) is 17.0 Å². The van der Waals surface area contributed by atoms with Crippen LogP contribution in [0.4, 0.5) is 0 Å². The van der Waals surface area contributed by atoms with Crippen molar-refractivity contribution in [3.63, 3.8) is 0 Å². The molecule has 0 fully saturated rings. The third-order valence-electron chi connectivity index (χ3n) is 0.951. The zero-order valence-corrected chi connectivity index (χ0v) is 6.92. The van der Waals surface area contributed by atoms with Crippen LogP contribution in [0.25, 0.3) is 0 Å². The highest BCUT2D eigenvalue weighted by Gasteiger charge is 2.03. The van der Waals surface area contributed by atoms with Gasteiger partial charge in [-0.3, -0.25) is 9.78 Å². The SMILES string of the molecule is [2H]C([2H])([2H])NC(=O)c1cncc(Br)n1. The van der Waals surface area contributed by atoms with Gasteiger partial charge in [-0.15, -0.1) is 0 Å². The monoisotopic (exact) mass is 218 g/mol. The third-order valence-corrected chi connectivity index (χ3v) is 1.33. The Morgan fingerprint density at radius 1 is 1.82 bits per heavy atom. The molecule has 0 aliphatic carbocycles. The van der Waals surface area contributed by atoms with E-state index in [1.807, 2.05) is 0 Å². The van der Waals surface area contributed by atoms with Gasteiger partial charge in [-0.2, -0.15) is 0 Å². The highest BCUT2D eigenvalue weighted by Crippen LogP contribution is 2.02. The van der Waals surface area contributed by atoms with E-state index in [1.54, 1.807) is 5.32 Å². The number of halogens is 1. The van der Waals surface area contributed by atoms with Gasteiger partial charge < -0.3 is 5.32 Å². The van der Waals surface area contributed by atoms with Crippen LogP contribution in [0.2, 0.25) is 0 Å². The number of hydrogen-bond donors (Lipinski definition) is 1. The van der Waals surface area contributed by atoms with Crippen molar-refractivity contribution in [1.82, 2.24) is 15.3 Å².